The second-order valence-electron chi connectivity index (χ2n) is 6.44. The second-order valence-corrected chi connectivity index (χ2v) is 7.58. The van der Waals surface area contributed by atoms with Gasteiger partial charge in [0.05, 0.1) is 10.6 Å². The molecule has 1 heterocycles. The molecule has 1 aromatic carbocycles. The average molecular weight is 357 g/mol. The molecule has 7 heteroatoms. The monoisotopic (exact) mass is 357 g/mol. The fourth-order valence-corrected chi connectivity index (χ4v) is 5.05. The van der Waals surface area contributed by atoms with E-state index in [-0.39, 0.29) is 5.41 Å². The minimum absolute atomic E-state index is 0.155. The predicted octanol–water partition coefficient (Wildman–Crippen LogP) is 1.51. The number of primary amides is 1. The van der Waals surface area contributed by atoms with Crippen molar-refractivity contribution in [1.82, 2.24) is 5.43 Å². The molecular weight excluding hydrogens is 334 g/mol. The van der Waals surface area contributed by atoms with E-state index in [2.05, 4.69) is 17.6 Å². The van der Waals surface area contributed by atoms with Gasteiger partial charge in [-0.1, -0.05) is 30.3 Å². The standard InChI is InChI=1S/C18H23N5OS/c19-10-12(23-22)8-18(11-4-2-1-3-5-11)7-6-13-14(9-18)25-17(21)15(13)16(20)24/h1-5,10,23H,6-9,19,21-22H2,(H2,20,24)/b12-10-. The number of fused-ring (bicyclic) bond motifs is 1. The van der Waals surface area contributed by atoms with Gasteiger partial charge in [-0.15, -0.1) is 11.3 Å². The van der Waals surface area contributed by atoms with Crippen LogP contribution in [0, 0.1) is 0 Å². The lowest BCUT2D eigenvalue weighted by Crippen LogP contribution is -2.37. The van der Waals surface area contributed by atoms with Crippen LogP contribution < -0.4 is 28.5 Å². The van der Waals surface area contributed by atoms with Gasteiger partial charge in [-0.2, -0.15) is 0 Å². The summed E-state index contributed by atoms with van der Waals surface area (Å²) in [6.45, 7) is 0. The van der Waals surface area contributed by atoms with Crippen molar-refractivity contribution in [2.75, 3.05) is 5.73 Å². The van der Waals surface area contributed by atoms with Crippen molar-refractivity contribution in [2.45, 2.75) is 31.1 Å². The fraction of sp³-hybridized carbons (Fsp3) is 0.278. The second kappa shape index (κ2) is 6.78. The Morgan fingerprint density at radius 2 is 2.04 bits per heavy atom. The molecule has 1 amide bonds. The molecule has 0 fully saturated rings. The van der Waals surface area contributed by atoms with Crippen LogP contribution in [-0.4, -0.2) is 5.91 Å². The number of allylic oxidation sites excluding steroid dienone is 1. The first-order valence-corrected chi connectivity index (χ1v) is 8.95. The Morgan fingerprint density at radius 1 is 1.32 bits per heavy atom. The van der Waals surface area contributed by atoms with E-state index < -0.39 is 5.91 Å². The number of hydrogen-bond acceptors (Lipinski definition) is 6. The van der Waals surface area contributed by atoms with E-state index in [0.717, 1.165) is 35.4 Å². The van der Waals surface area contributed by atoms with Crippen LogP contribution in [0.5, 0.6) is 0 Å². The Morgan fingerprint density at radius 3 is 2.64 bits per heavy atom. The van der Waals surface area contributed by atoms with Crippen LogP contribution in [-0.2, 0) is 18.3 Å². The van der Waals surface area contributed by atoms with Gasteiger partial charge in [0, 0.05) is 22.2 Å². The molecule has 1 aliphatic carbocycles. The summed E-state index contributed by atoms with van der Waals surface area (Å²) >= 11 is 1.46. The number of nitrogens with one attached hydrogen (secondary N) is 1. The Bertz CT molecular complexity index is 814. The minimum atomic E-state index is -0.451. The molecule has 3 rings (SSSR count). The van der Waals surface area contributed by atoms with Gasteiger partial charge >= 0.3 is 0 Å². The van der Waals surface area contributed by atoms with Crippen molar-refractivity contribution in [1.29, 1.82) is 0 Å². The third-order valence-corrected chi connectivity index (χ3v) is 6.08. The highest BCUT2D eigenvalue weighted by molar-refractivity contribution is 7.16. The number of thiophene rings is 1. The van der Waals surface area contributed by atoms with E-state index in [1.54, 1.807) is 0 Å². The molecule has 0 bridgehead atoms. The summed E-state index contributed by atoms with van der Waals surface area (Å²) in [6.07, 6.45) is 4.58. The average Bonchev–Trinajstić information content (AvgIpc) is 2.95. The van der Waals surface area contributed by atoms with Crippen LogP contribution in [0.1, 0.15) is 39.2 Å². The molecule has 2 aromatic rings. The van der Waals surface area contributed by atoms with Gasteiger partial charge in [0.25, 0.3) is 5.91 Å². The van der Waals surface area contributed by atoms with E-state index in [0.29, 0.717) is 17.0 Å². The molecule has 9 N–H and O–H groups in total. The zero-order valence-electron chi connectivity index (χ0n) is 13.9. The van der Waals surface area contributed by atoms with Crippen LogP contribution >= 0.6 is 11.3 Å². The fourth-order valence-electron chi connectivity index (χ4n) is 3.78. The number of anilines is 1. The highest BCUT2D eigenvalue weighted by Crippen LogP contribution is 2.47. The summed E-state index contributed by atoms with van der Waals surface area (Å²) < 4.78 is 0. The van der Waals surface area contributed by atoms with Gasteiger partial charge in [-0.05, 0) is 36.8 Å². The number of hydrazine groups is 1. The SMILES string of the molecule is N/C=C(/CC1(c2ccccc2)CCc2c(sc(N)c2C(N)=O)C1)NN. The number of carbonyl (C=O) groups is 1. The first-order valence-electron chi connectivity index (χ1n) is 8.13. The third kappa shape index (κ3) is 3.08. The van der Waals surface area contributed by atoms with Crippen LogP contribution in [0.15, 0.2) is 42.2 Å². The lowest BCUT2D eigenvalue weighted by molar-refractivity contribution is 0.1000. The van der Waals surface area contributed by atoms with Crippen LogP contribution in [0.3, 0.4) is 0 Å². The van der Waals surface area contributed by atoms with E-state index in [9.17, 15) is 4.79 Å². The molecule has 1 aromatic heterocycles. The summed E-state index contributed by atoms with van der Waals surface area (Å²) in [5.41, 5.74) is 23.3. The van der Waals surface area contributed by atoms with Gasteiger partial charge < -0.3 is 22.6 Å². The maximum absolute atomic E-state index is 11.8. The Balaban J connectivity index is 2.06. The molecule has 1 atom stereocenters. The van der Waals surface area contributed by atoms with E-state index in [4.69, 9.17) is 23.0 Å². The smallest absolute Gasteiger partial charge is 0.251 e. The quantitative estimate of drug-likeness (QED) is 0.408. The topological polar surface area (TPSA) is 133 Å². The molecule has 0 saturated heterocycles. The van der Waals surface area contributed by atoms with Crippen molar-refractivity contribution in [3.63, 3.8) is 0 Å². The van der Waals surface area contributed by atoms with Crippen molar-refractivity contribution in [3.05, 3.63) is 63.8 Å². The van der Waals surface area contributed by atoms with Gasteiger partial charge in [-0.3, -0.25) is 10.6 Å². The van der Waals surface area contributed by atoms with E-state index in [1.807, 2.05) is 18.2 Å². The number of hydrogen-bond donors (Lipinski definition) is 5. The first-order chi connectivity index (χ1) is 12.0. The van der Waals surface area contributed by atoms with E-state index in [1.165, 1.54) is 23.1 Å². The number of benzene rings is 1. The minimum Gasteiger partial charge on any atom is -0.403 e. The van der Waals surface area contributed by atoms with Crippen LogP contribution in [0.4, 0.5) is 5.00 Å². The highest BCUT2D eigenvalue weighted by Gasteiger charge is 2.39. The van der Waals surface area contributed by atoms with Crippen molar-refractivity contribution >= 4 is 22.2 Å². The van der Waals surface area contributed by atoms with E-state index >= 15 is 0 Å². The number of rotatable bonds is 5. The molecule has 0 aliphatic heterocycles. The van der Waals surface area contributed by atoms with Gasteiger partial charge in [-0.25, -0.2) is 0 Å². The number of carbonyl (C=O) groups excluding carboxylic acids is 1. The largest absolute Gasteiger partial charge is 0.403 e. The predicted molar refractivity (Wildman–Crippen MR) is 102 cm³/mol. The zero-order chi connectivity index (χ0) is 18.0. The zero-order valence-corrected chi connectivity index (χ0v) is 14.7. The molecule has 0 spiro atoms. The Hall–Kier alpha value is -2.51. The van der Waals surface area contributed by atoms with Gasteiger partial charge in [0.1, 0.15) is 0 Å². The molecule has 1 aliphatic rings. The highest BCUT2D eigenvalue weighted by atomic mass is 32.1. The summed E-state index contributed by atoms with van der Waals surface area (Å²) in [5, 5.41) is 0.507. The summed E-state index contributed by atoms with van der Waals surface area (Å²) in [7, 11) is 0. The van der Waals surface area contributed by atoms with Crippen molar-refractivity contribution in [3.8, 4) is 0 Å². The lowest BCUT2D eigenvalue weighted by atomic mass is 9.66. The number of amides is 1. The Kier molecular flexibility index (Phi) is 4.69. The van der Waals surface area contributed by atoms with Gasteiger partial charge in [0.2, 0.25) is 0 Å². The molecule has 132 valence electrons. The summed E-state index contributed by atoms with van der Waals surface area (Å²) in [4.78, 5) is 12.9. The van der Waals surface area contributed by atoms with Crippen LogP contribution in [0.2, 0.25) is 0 Å². The summed E-state index contributed by atoms with van der Waals surface area (Å²) in [5.74, 6) is 5.17. The molecule has 1 unspecified atom stereocenters. The maximum Gasteiger partial charge on any atom is 0.251 e. The Labute approximate surface area is 150 Å². The normalized spacial score (nSPS) is 20.1. The number of nitrogens with two attached hydrogens (primary N) is 4. The van der Waals surface area contributed by atoms with Crippen molar-refractivity contribution in [2.24, 2.45) is 17.3 Å². The van der Waals surface area contributed by atoms with Gasteiger partial charge in [0.15, 0.2) is 0 Å². The molecule has 25 heavy (non-hydrogen) atoms. The maximum atomic E-state index is 11.8. The molecule has 6 nitrogen and oxygen atoms in total. The lowest BCUT2D eigenvalue weighted by Gasteiger charge is -2.38. The molecule has 0 radical (unpaired) electrons. The first kappa shape index (κ1) is 17.3. The number of nitrogen functional groups attached to an aromatic ring is 1. The summed E-state index contributed by atoms with van der Waals surface area (Å²) in [6, 6.07) is 10.3. The van der Waals surface area contributed by atoms with Crippen LogP contribution in [0.25, 0.3) is 0 Å². The van der Waals surface area contributed by atoms with Crippen molar-refractivity contribution < 1.29 is 4.79 Å². The molecular formula is C18H23N5OS. The molecule has 0 saturated carbocycles. The third-order valence-electron chi connectivity index (χ3n) is 5.02.